The zero-order valence-electron chi connectivity index (χ0n) is 8.21. The first kappa shape index (κ1) is 23.5. The zero-order valence-corrected chi connectivity index (χ0v) is 12.2. The Kier molecular flexibility index (Phi) is 57.4. The molecule has 0 aromatic carbocycles. The standard InChI is InChI=1S/2C4H9.2Al.2S/c2*1-3-4-2;;;;/h2*1,3-4H2,2H3;;;;/q;;2*+2;2*-2. The predicted octanol–water partition coefficient (Wildman–Crippen LogP) is 2.74. The summed E-state index contributed by atoms with van der Waals surface area (Å²) in [6.45, 7) is 4.40. The van der Waals surface area contributed by atoms with Crippen LogP contribution in [0, 0.1) is 0 Å². The quantitative estimate of drug-likeness (QED) is 0.654. The van der Waals surface area contributed by atoms with Crippen LogP contribution in [0.5, 0.6) is 0 Å². The molecule has 0 bridgehead atoms. The molecule has 0 radical (unpaired) electrons. The zero-order chi connectivity index (χ0) is 8.24. The minimum absolute atomic E-state index is 0. The SMILES string of the molecule is CCC[CH2][Al+2].CCC[CH2][Al+2].[S-2].[S-2]. The van der Waals surface area contributed by atoms with Crippen LogP contribution in [0.2, 0.25) is 10.6 Å². The molecule has 12 heavy (non-hydrogen) atoms. The molecule has 0 rings (SSSR count). The molecule has 0 amide bonds. The first-order valence-electron chi connectivity index (χ1n) is 4.23. The monoisotopic (exact) mass is 232 g/mol. The van der Waals surface area contributed by atoms with Gasteiger partial charge in [-0.25, -0.2) is 0 Å². The molecule has 0 fully saturated rings. The molecule has 0 heterocycles. The summed E-state index contributed by atoms with van der Waals surface area (Å²) in [7, 11) is 0. The van der Waals surface area contributed by atoms with Crippen LogP contribution in [0.1, 0.15) is 39.5 Å². The summed E-state index contributed by atoms with van der Waals surface area (Å²) in [5.74, 6) is 0. The van der Waals surface area contributed by atoms with Crippen molar-refractivity contribution in [1.82, 2.24) is 0 Å². The van der Waals surface area contributed by atoms with Gasteiger partial charge in [0.05, 0.1) is 0 Å². The molecular weight excluding hydrogens is 214 g/mol. The number of hydrogen-bond acceptors (Lipinski definition) is 0. The van der Waals surface area contributed by atoms with Gasteiger partial charge in [0, 0.05) is 0 Å². The van der Waals surface area contributed by atoms with Crippen molar-refractivity contribution in [2.75, 3.05) is 0 Å². The van der Waals surface area contributed by atoms with Gasteiger partial charge in [-0.05, 0) is 0 Å². The van der Waals surface area contributed by atoms with Crippen molar-refractivity contribution >= 4 is 59.6 Å². The normalized spacial score (nSPS) is 7.17. The van der Waals surface area contributed by atoms with Gasteiger partial charge in [0.1, 0.15) is 0 Å². The second kappa shape index (κ2) is 29.3. The Morgan fingerprint density at radius 2 is 1.00 bits per heavy atom. The van der Waals surface area contributed by atoms with Gasteiger partial charge in [-0.3, -0.25) is 0 Å². The van der Waals surface area contributed by atoms with E-state index in [0.29, 0.717) is 0 Å². The molecule has 0 saturated heterocycles. The molecule has 0 unspecified atom stereocenters. The van der Waals surface area contributed by atoms with Crippen LogP contribution in [0.4, 0.5) is 0 Å². The van der Waals surface area contributed by atoms with Gasteiger partial charge in [-0.1, -0.05) is 0 Å². The molecule has 0 aromatic rings. The van der Waals surface area contributed by atoms with E-state index in [4.69, 9.17) is 0 Å². The van der Waals surface area contributed by atoms with Crippen molar-refractivity contribution in [3.63, 3.8) is 0 Å². The molecule has 0 aliphatic carbocycles. The molecule has 0 aliphatic heterocycles. The fourth-order valence-corrected chi connectivity index (χ4v) is 1.22. The van der Waals surface area contributed by atoms with Gasteiger partial charge in [-0.2, -0.15) is 0 Å². The Bertz CT molecular complexity index is 36.0. The van der Waals surface area contributed by atoms with E-state index in [1.165, 1.54) is 36.2 Å². The molecule has 0 spiro atoms. The van der Waals surface area contributed by atoms with E-state index in [0.717, 1.165) is 0 Å². The fourth-order valence-electron chi connectivity index (χ4n) is 0.408. The third-order valence-electron chi connectivity index (χ3n) is 1.12. The van der Waals surface area contributed by atoms with Crippen molar-refractivity contribution in [1.29, 1.82) is 0 Å². The number of hydrogen-bond donors (Lipinski definition) is 0. The van der Waals surface area contributed by atoms with E-state index in [1.807, 2.05) is 0 Å². The van der Waals surface area contributed by atoms with Crippen LogP contribution >= 0.6 is 0 Å². The van der Waals surface area contributed by atoms with E-state index in [9.17, 15) is 0 Å². The minimum atomic E-state index is 0. The summed E-state index contributed by atoms with van der Waals surface area (Å²) in [5, 5.41) is 2.52. The maximum atomic E-state index is 2.70. The summed E-state index contributed by atoms with van der Waals surface area (Å²) < 4.78 is 0. The molecule has 0 aliphatic rings. The van der Waals surface area contributed by atoms with Crippen molar-refractivity contribution < 1.29 is 0 Å². The van der Waals surface area contributed by atoms with E-state index in [2.05, 4.69) is 46.4 Å². The maximum absolute atomic E-state index is 2.70. The largest absolute Gasteiger partial charge is 2.00 e. The third-order valence-corrected chi connectivity index (χ3v) is 1.93. The second-order valence-electron chi connectivity index (χ2n) is 2.28. The second-order valence-corrected chi connectivity index (χ2v) is 3.44. The Balaban J connectivity index is -0.0000000457. The molecule has 0 nitrogen and oxygen atoms in total. The van der Waals surface area contributed by atoms with E-state index < -0.39 is 0 Å². The van der Waals surface area contributed by atoms with Crippen LogP contribution in [-0.4, -0.2) is 32.6 Å². The summed E-state index contributed by atoms with van der Waals surface area (Å²) in [6.07, 6.45) is 5.35. The molecule has 4 heteroatoms. The van der Waals surface area contributed by atoms with Gasteiger partial charge < -0.3 is 27.0 Å². The Morgan fingerprint density at radius 3 is 1.00 bits per heavy atom. The van der Waals surface area contributed by atoms with Gasteiger partial charge in [-0.15, -0.1) is 0 Å². The molecule has 0 saturated carbocycles. The van der Waals surface area contributed by atoms with Crippen LogP contribution in [0.25, 0.3) is 0 Å². The first-order valence-corrected chi connectivity index (χ1v) is 5.86. The van der Waals surface area contributed by atoms with Crippen LogP contribution in [0.3, 0.4) is 0 Å². The van der Waals surface area contributed by atoms with E-state index >= 15 is 0 Å². The third kappa shape index (κ3) is 41.0. The summed E-state index contributed by atoms with van der Waals surface area (Å²) in [6, 6.07) is 0. The molecule has 68 valence electrons. The van der Waals surface area contributed by atoms with Crippen molar-refractivity contribution in [2.45, 2.75) is 50.1 Å². The van der Waals surface area contributed by atoms with Crippen LogP contribution in [-0.2, 0) is 27.0 Å². The van der Waals surface area contributed by atoms with E-state index in [-0.39, 0.29) is 27.0 Å². The van der Waals surface area contributed by atoms with Crippen LogP contribution < -0.4 is 0 Å². The summed E-state index contributed by atoms with van der Waals surface area (Å²) in [5.41, 5.74) is 0. The van der Waals surface area contributed by atoms with Crippen LogP contribution in [0.15, 0.2) is 0 Å². The number of unbranched alkanes of at least 4 members (excludes halogenated alkanes) is 2. The van der Waals surface area contributed by atoms with Crippen molar-refractivity contribution in [2.24, 2.45) is 0 Å². The van der Waals surface area contributed by atoms with Gasteiger partial charge >= 0.3 is 82.7 Å². The van der Waals surface area contributed by atoms with E-state index in [1.54, 1.807) is 0 Å². The molecule has 0 N–H and O–H groups in total. The molecular formula is C8H18Al2S2. The van der Waals surface area contributed by atoms with Crippen molar-refractivity contribution in [3.8, 4) is 0 Å². The smallest absolute Gasteiger partial charge is 2.00 e. The summed E-state index contributed by atoms with van der Waals surface area (Å²) >= 11 is 5.40. The first-order chi connectivity index (χ1) is 4.83. The average molecular weight is 232 g/mol. The molecule has 0 aromatic heterocycles. The van der Waals surface area contributed by atoms with Crippen molar-refractivity contribution in [3.05, 3.63) is 0 Å². The Hall–Kier alpha value is 1.76. The topological polar surface area (TPSA) is 0 Å². The fraction of sp³-hybridized carbons (Fsp3) is 1.00. The number of rotatable bonds is 4. The Morgan fingerprint density at radius 1 is 0.750 bits per heavy atom. The minimum Gasteiger partial charge on any atom is -2.00 e. The molecule has 0 atom stereocenters. The maximum Gasteiger partial charge on any atom is -2.00 e. The predicted molar refractivity (Wildman–Crippen MR) is 65.7 cm³/mol. The van der Waals surface area contributed by atoms with Gasteiger partial charge in [0.2, 0.25) is 0 Å². The Labute approximate surface area is 109 Å². The van der Waals surface area contributed by atoms with Gasteiger partial charge in [0.25, 0.3) is 0 Å². The van der Waals surface area contributed by atoms with Gasteiger partial charge in [0.15, 0.2) is 0 Å². The average Bonchev–Trinajstić information content (AvgIpc) is 1.93. The summed E-state index contributed by atoms with van der Waals surface area (Å²) in [4.78, 5) is 0.